The van der Waals surface area contributed by atoms with Crippen LogP contribution in [0.5, 0.6) is 0 Å². The minimum absolute atomic E-state index is 0.00384. The SMILES string of the molecule is CCN(CC)CCNC(=O)c1cc2ccccc2n1C. The number of carbonyl (C=O) groups excluding carboxylic acids is 1. The van der Waals surface area contributed by atoms with Gasteiger partial charge in [-0.25, -0.2) is 0 Å². The van der Waals surface area contributed by atoms with E-state index in [2.05, 4.69) is 24.1 Å². The van der Waals surface area contributed by atoms with Crippen molar-refractivity contribution in [2.75, 3.05) is 26.2 Å². The van der Waals surface area contributed by atoms with Crippen LogP contribution in [-0.2, 0) is 7.05 Å². The van der Waals surface area contributed by atoms with Crippen molar-refractivity contribution in [2.45, 2.75) is 13.8 Å². The van der Waals surface area contributed by atoms with Gasteiger partial charge >= 0.3 is 0 Å². The largest absolute Gasteiger partial charge is 0.349 e. The number of hydrogen-bond donors (Lipinski definition) is 1. The summed E-state index contributed by atoms with van der Waals surface area (Å²) < 4.78 is 1.95. The maximum absolute atomic E-state index is 12.2. The second-order valence-electron chi connectivity index (χ2n) is 4.93. The topological polar surface area (TPSA) is 37.3 Å². The van der Waals surface area contributed by atoms with E-state index in [9.17, 15) is 4.79 Å². The van der Waals surface area contributed by atoms with Crippen LogP contribution in [-0.4, -0.2) is 41.6 Å². The summed E-state index contributed by atoms with van der Waals surface area (Å²) in [6.07, 6.45) is 0. The number of para-hydroxylation sites is 1. The van der Waals surface area contributed by atoms with Crippen molar-refractivity contribution >= 4 is 16.8 Å². The van der Waals surface area contributed by atoms with E-state index >= 15 is 0 Å². The van der Waals surface area contributed by atoms with E-state index in [1.807, 2.05) is 41.9 Å². The third-order valence-corrected chi connectivity index (χ3v) is 3.79. The minimum Gasteiger partial charge on any atom is -0.349 e. The molecule has 0 atom stereocenters. The van der Waals surface area contributed by atoms with Crippen LogP contribution >= 0.6 is 0 Å². The normalized spacial score (nSPS) is 11.2. The molecule has 0 aliphatic heterocycles. The minimum atomic E-state index is -0.00384. The van der Waals surface area contributed by atoms with Crippen molar-refractivity contribution in [2.24, 2.45) is 7.05 Å². The average molecular weight is 273 g/mol. The molecule has 1 aromatic carbocycles. The van der Waals surface area contributed by atoms with Gasteiger partial charge in [-0.2, -0.15) is 0 Å². The Morgan fingerprint density at radius 3 is 2.60 bits per heavy atom. The molecule has 1 aromatic heterocycles. The number of amides is 1. The molecule has 4 nitrogen and oxygen atoms in total. The number of aromatic nitrogens is 1. The number of fused-ring (bicyclic) bond motifs is 1. The molecule has 108 valence electrons. The van der Waals surface area contributed by atoms with Gasteiger partial charge in [0.25, 0.3) is 5.91 Å². The van der Waals surface area contributed by atoms with E-state index in [0.29, 0.717) is 12.2 Å². The lowest BCUT2D eigenvalue weighted by Crippen LogP contribution is -2.35. The van der Waals surface area contributed by atoms with Crippen molar-refractivity contribution < 1.29 is 4.79 Å². The lowest BCUT2D eigenvalue weighted by Gasteiger charge is -2.18. The summed E-state index contributed by atoms with van der Waals surface area (Å²) in [7, 11) is 1.93. The summed E-state index contributed by atoms with van der Waals surface area (Å²) in [5, 5.41) is 4.10. The summed E-state index contributed by atoms with van der Waals surface area (Å²) in [6.45, 7) is 7.87. The van der Waals surface area contributed by atoms with E-state index in [1.165, 1.54) is 0 Å². The van der Waals surface area contributed by atoms with Crippen molar-refractivity contribution in [1.29, 1.82) is 0 Å². The summed E-state index contributed by atoms with van der Waals surface area (Å²) in [5.41, 5.74) is 1.80. The molecule has 0 unspecified atom stereocenters. The Morgan fingerprint density at radius 2 is 1.95 bits per heavy atom. The van der Waals surface area contributed by atoms with E-state index in [-0.39, 0.29) is 5.91 Å². The molecular weight excluding hydrogens is 250 g/mol. The van der Waals surface area contributed by atoms with E-state index in [4.69, 9.17) is 0 Å². The molecule has 0 radical (unpaired) electrons. The zero-order valence-electron chi connectivity index (χ0n) is 12.5. The van der Waals surface area contributed by atoms with Gasteiger partial charge in [-0.3, -0.25) is 4.79 Å². The fourth-order valence-electron chi connectivity index (χ4n) is 2.46. The number of likely N-dealkylation sites (N-methyl/N-ethyl adjacent to an activating group) is 1. The van der Waals surface area contributed by atoms with Gasteiger partial charge in [0.1, 0.15) is 5.69 Å². The number of nitrogens with one attached hydrogen (secondary N) is 1. The fourth-order valence-corrected chi connectivity index (χ4v) is 2.46. The second kappa shape index (κ2) is 6.57. The van der Waals surface area contributed by atoms with Crippen molar-refractivity contribution in [1.82, 2.24) is 14.8 Å². The van der Waals surface area contributed by atoms with Crippen LogP contribution < -0.4 is 5.32 Å². The summed E-state index contributed by atoms with van der Waals surface area (Å²) >= 11 is 0. The number of rotatable bonds is 6. The maximum atomic E-state index is 12.2. The third kappa shape index (κ3) is 3.02. The zero-order chi connectivity index (χ0) is 14.5. The highest BCUT2D eigenvalue weighted by Crippen LogP contribution is 2.17. The average Bonchev–Trinajstić information content (AvgIpc) is 2.81. The van der Waals surface area contributed by atoms with Crippen LogP contribution in [0.4, 0.5) is 0 Å². The van der Waals surface area contributed by atoms with Gasteiger partial charge in [-0.1, -0.05) is 32.0 Å². The first-order chi connectivity index (χ1) is 9.67. The van der Waals surface area contributed by atoms with Gasteiger partial charge < -0.3 is 14.8 Å². The number of aryl methyl sites for hydroxylation is 1. The predicted octanol–water partition coefficient (Wildman–Crippen LogP) is 2.25. The van der Waals surface area contributed by atoms with Crippen molar-refractivity contribution in [3.05, 3.63) is 36.0 Å². The Bertz CT molecular complexity index is 584. The van der Waals surface area contributed by atoms with Gasteiger partial charge in [0.05, 0.1) is 0 Å². The smallest absolute Gasteiger partial charge is 0.267 e. The van der Waals surface area contributed by atoms with Crippen LogP contribution in [0.25, 0.3) is 10.9 Å². The van der Waals surface area contributed by atoms with Gasteiger partial charge in [0, 0.05) is 31.0 Å². The van der Waals surface area contributed by atoms with Gasteiger partial charge in [-0.15, -0.1) is 0 Å². The van der Waals surface area contributed by atoms with Crippen LogP contribution in [0, 0.1) is 0 Å². The zero-order valence-corrected chi connectivity index (χ0v) is 12.5. The van der Waals surface area contributed by atoms with Gasteiger partial charge in [0.2, 0.25) is 0 Å². The molecule has 0 saturated heterocycles. The van der Waals surface area contributed by atoms with Crippen LogP contribution in [0.2, 0.25) is 0 Å². The van der Waals surface area contributed by atoms with Crippen LogP contribution in [0.3, 0.4) is 0 Å². The van der Waals surface area contributed by atoms with E-state index < -0.39 is 0 Å². The Hall–Kier alpha value is -1.81. The molecular formula is C16H23N3O. The van der Waals surface area contributed by atoms with E-state index in [1.54, 1.807) is 0 Å². The molecule has 2 rings (SSSR count). The summed E-state index contributed by atoms with van der Waals surface area (Å²) in [5.74, 6) is -0.00384. The Morgan fingerprint density at radius 1 is 1.25 bits per heavy atom. The van der Waals surface area contributed by atoms with Gasteiger partial charge in [-0.05, 0) is 25.2 Å². The Kier molecular flexibility index (Phi) is 4.79. The van der Waals surface area contributed by atoms with Crippen molar-refractivity contribution in [3.63, 3.8) is 0 Å². The van der Waals surface area contributed by atoms with Crippen molar-refractivity contribution in [3.8, 4) is 0 Å². The number of hydrogen-bond acceptors (Lipinski definition) is 2. The molecule has 0 aliphatic carbocycles. The number of benzene rings is 1. The first-order valence-corrected chi connectivity index (χ1v) is 7.22. The first kappa shape index (κ1) is 14.6. The molecule has 1 heterocycles. The molecule has 20 heavy (non-hydrogen) atoms. The van der Waals surface area contributed by atoms with Gasteiger partial charge in [0.15, 0.2) is 0 Å². The first-order valence-electron chi connectivity index (χ1n) is 7.22. The standard InChI is InChI=1S/C16H23N3O/c1-4-19(5-2)11-10-17-16(20)15-12-13-8-6-7-9-14(13)18(15)3/h6-9,12H,4-5,10-11H2,1-3H3,(H,17,20). The lowest BCUT2D eigenvalue weighted by atomic mass is 10.2. The molecule has 2 aromatic rings. The molecule has 0 fully saturated rings. The molecule has 0 aliphatic rings. The summed E-state index contributed by atoms with van der Waals surface area (Å²) in [6, 6.07) is 9.99. The molecule has 0 saturated carbocycles. The third-order valence-electron chi connectivity index (χ3n) is 3.79. The molecule has 0 spiro atoms. The monoisotopic (exact) mass is 273 g/mol. The lowest BCUT2D eigenvalue weighted by molar-refractivity contribution is 0.0941. The second-order valence-corrected chi connectivity index (χ2v) is 4.93. The van der Waals surface area contributed by atoms with Crippen LogP contribution in [0.15, 0.2) is 30.3 Å². The summed E-state index contributed by atoms with van der Waals surface area (Å²) in [4.78, 5) is 14.5. The number of nitrogens with zero attached hydrogens (tertiary/aromatic N) is 2. The maximum Gasteiger partial charge on any atom is 0.267 e. The highest BCUT2D eigenvalue weighted by atomic mass is 16.1. The molecule has 4 heteroatoms. The number of carbonyl (C=O) groups is 1. The predicted molar refractivity (Wildman–Crippen MR) is 83.0 cm³/mol. The quantitative estimate of drug-likeness (QED) is 0.876. The molecule has 1 N–H and O–H groups in total. The fraction of sp³-hybridized carbons (Fsp3) is 0.438. The highest BCUT2D eigenvalue weighted by Gasteiger charge is 2.12. The van der Waals surface area contributed by atoms with E-state index in [0.717, 1.165) is 30.5 Å². The Balaban J connectivity index is 2.03. The highest BCUT2D eigenvalue weighted by molar-refractivity contribution is 5.98. The van der Waals surface area contributed by atoms with Crippen LogP contribution in [0.1, 0.15) is 24.3 Å². The molecule has 1 amide bonds. The molecule has 0 bridgehead atoms. The Labute approximate surface area is 120 Å².